The molecule has 1 aromatic heterocycles. The fourth-order valence-electron chi connectivity index (χ4n) is 2.28. The van der Waals surface area contributed by atoms with Gasteiger partial charge in [0.2, 0.25) is 0 Å². The molecule has 0 aliphatic heterocycles. The molecule has 1 heterocycles. The lowest BCUT2D eigenvalue weighted by molar-refractivity contribution is -0.454. The Morgan fingerprint density at radius 2 is 1.67 bits per heavy atom. The largest absolute Gasteiger partial charge is 0.431 e. The third-order valence-electron chi connectivity index (χ3n) is 3.47. The quantitative estimate of drug-likeness (QED) is 0.413. The first kappa shape index (κ1) is 21.1. The molecule has 0 amide bonds. The van der Waals surface area contributed by atoms with Crippen LogP contribution in [0.1, 0.15) is 17.5 Å². The van der Waals surface area contributed by atoms with Crippen molar-refractivity contribution in [3.8, 4) is 5.69 Å². The van der Waals surface area contributed by atoms with Gasteiger partial charge in [0.05, 0.1) is 19.9 Å². The summed E-state index contributed by atoms with van der Waals surface area (Å²) >= 11 is 6.06. The standard InChI is InChI=1S/C15H14ClF3N2O6/c1-20-11(15(17,18)19)7-12(22)21(14(20)23)8-4-5-10(16)9(6-8)13(26-24-2)27-25-3/h4-7,13H,1-3H3. The predicted octanol–water partition coefficient (Wildman–Crippen LogP) is 2.36. The highest BCUT2D eigenvalue weighted by molar-refractivity contribution is 6.31. The third kappa shape index (κ3) is 4.39. The first-order chi connectivity index (χ1) is 12.6. The minimum Gasteiger partial charge on any atom is -0.292 e. The molecule has 0 N–H and O–H groups in total. The zero-order valence-electron chi connectivity index (χ0n) is 14.2. The van der Waals surface area contributed by atoms with E-state index in [1.54, 1.807) is 0 Å². The van der Waals surface area contributed by atoms with Crippen molar-refractivity contribution in [3.63, 3.8) is 0 Å². The number of alkyl halides is 3. The summed E-state index contributed by atoms with van der Waals surface area (Å²) < 4.78 is 39.7. The van der Waals surface area contributed by atoms with E-state index in [9.17, 15) is 22.8 Å². The summed E-state index contributed by atoms with van der Waals surface area (Å²) in [5.41, 5.74) is -3.69. The minimum absolute atomic E-state index is 0.0573. The number of benzene rings is 1. The molecular formula is C15H14ClF3N2O6. The number of aromatic nitrogens is 2. The lowest BCUT2D eigenvalue weighted by atomic mass is 10.2. The molecule has 0 radical (unpaired) electrons. The van der Waals surface area contributed by atoms with E-state index in [1.165, 1.54) is 32.4 Å². The van der Waals surface area contributed by atoms with Crippen LogP contribution < -0.4 is 11.2 Å². The van der Waals surface area contributed by atoms with E-state index in [0.29, 0.717) is 15.2 Å². The van der Waals surface area contributed by atoms with Gasteiger partial charge in [0.25, 0.3) is 11.8 Å². The Hall–Kier alpha value is -2.18. The Bertz CT molecular complexity index is 935. The highest BCUT2D eigenvalue weighted by atomic mass is 35.5. The summed E-state index contributed by atoms with van der Waals surface area (Å²) in [5.74, 6) is 0. The topological polar surface area (TPSA) is 80.9 Å². The number of nitrogens with zero attached hydrogens (tertiary/aromatic N) is 2. The SMILES string of the molecule is COOC(OOC)c1cc(-n2c(=O)cc(C(F)(F)F)n(C)c2=O)ccc1Cl. The maximum absolute atomic E-state index is 12.9. The van der Waals surface area contributed by atoms with Crippen LogP contribution in [0.25, 0.3) is 5.69 Å². The van der Waals surface area contributed by atoms with Gasteiger partial charge in [-0.15, -0.1) is 0 Å². The van der Waals surface area contributed by atoms with E-state index < -0.39 is 29.4 Å². The van der Waals surface area contributed by atoms with Crippen molar-refractivity contribution >= 4 is 11.6 Å². The molecule has 12 heteroatoms. The molecule has 0 fully saturated rings. The minimum atomic E-state index is -4.86. The van der Waals surface area contributed by atoms with E-state index in [-0.39, 0.29) is 16.3 Å². The lowest BCUT2D eigenvalue weighted by Crippen LogP contribution is -2.40. The monoisotopic (exact) mass is 410 g/mol. The molecule has 148 valence electrons. The van der Waals surface area contributed by atoms with Gasteiger partial charge in [-0.2, -0.15) is 22.9 Å². The zero-order valence-corrected chi connectivity index (χ0v) is 15.0. The molecule has 2 rings (SSSR count). The van der Waals surface area contributed by atoms with E-state index in [1.807, 2.05) is 0 Å². The first-order valence-electron chi connectivity index (χ1n) is 7.20. The van der Waals surface area contributed by atoms with Gasteiger partial charge in [-0.1, -0.05) is 11.6 Å². The van der Waals surface area contributed by atoms with E-state index >= 15 is 0 Å². The maximum atomic E-state index is 12.9. The van der Waals surface area contributed by atoms with Crippen LogP contribution in [-0.4, -0.2) is 23.4 Å². The maximum Gasteiger partial charge on any atom is 0.431 e. The fourth-order valence-corrected chi connectivity index (χ4v) is 2.49. The van der Waals surface area contributed by atoms with Crippen LogP contribution in [0.5, 0.6) is 0 Å². The Balaban J connectivity index is 2.67. The highest BCUT2D eigenvalue weighted by Gasteiger charge is 2.35. The predicted molar refractivity (Wildman–Crippen MR) is 86.2 cm³/mol. The molecule has 0 aliphatic rings. The molecule has 0 atom stereocenters. The highest BCUT2D eigenvalue weighted by Crippen LogP contribution is 2.29. The Kier molecular flexibility index (Phi) is 6.44. The van der Waals surface area contributed by atoms with Crippen molar-refractivity contribution in [2.24, 2.45) is 7.05 Å². The normalized spacial score (nSPS) is 12.0. The lowest BCUT2D eigenvalue weighted by Gasteiger charge is -2.17. The zero-order chi connectivity index (χ0) is 20.4. The van der Waals surface area contributed by atoms with Crippen LogP contribution in [0.4, 0.5) is 13.2 Å². The van der Waals surface area contributed by atoms with Crippen LogP contribution in [0, 0.1) is 0 Å². The van der Waals surface area contributed by atoms with Crippen LogP contribution >= 0.6 is 11.6 Å². The van der Waals surface area contributed by atoms with Gasteiger partial charge in [0, 0.05) is 23.7 Å². The van der Waals surface area contributed by atoms with Crippen molar-refractivity contribution in [1.29, 1.82) is 0 Å². The summed E-state index contributed by atoms with van der Waals surface area (Å²) in [5, 5.41) is 0.106. The smallest absolute Gasteiger partial charge is 0.292 e. The van der Waals surface area contributed by atoms with Crippen molar-refractivity contribution in [2.45, 2.75) is 12.5 Å². The van der Waals surface area contributed by atoms with E-state index in [4.69, 9.17) is 21.4 Å². The second-order valence-corrected chi connectivity index (χ2v) is 5.51. The molecule has 0 unspecified atom stereocenters. The van der Waals surface area contributed by atoms with Gasteiger partial charge in [-0.05, 0) is 18.2 Å². The third-order valence-corrected chi connectivity index (χ3v) is 3.81. The summed E-state index contributed by atoms with van der Waals surface area (Å²) in [6.07, 6.45) is -6.15. The second-order valence-electron chi connectivity index (χ2n) is 5.11. The Labute approximate surface area is 155 Å². The van der Waals surface area contributed by atoms with E-state index in [2.05, 4.69) is 9.78 Å². The van der Waals surface area contributed by atoms with Gasteiger partial charge in [-0.25, -0.2) is 19.1 Å². The van der Waals surface area contributed by atoms with Crippen molar-refractivity contribution in [3.05, 3.63) is 61.4 Å². The number of hydrogen-bond acceptors (Lipinski definition) is 6. The van der Waals surface area contributed by atoms with Gasteiger partial charge in [0.1, 0.15) is 5.69 Å². The molecule has 0 saturated carbocycles. The van der Waals surface area contributed by atoms with Crippen molar-refractivity contribution in [2.75, 3.05) is 14.2 Å². The molecule has 0 bridgehead atoms. The van der Waals surface area contributed by atoms with Gasteiger partial charge in [0.15, 0.2) is 0 Å². The molecule has 27 heavy (non-hydrogen) atoms. The molecule has 8 nitrogen and oxygen atoms in total. The van der Waals surface area contributed by atoms with Crippen molar-refractivity contribution in [1.82, 2.24) is 9.13 Å². The Morgan fingerprint density at radius 1 is 1.07 bits per heavy atom. The van der Waals surface area contributed by atoms with Gasteiger partial charge in [-0.3, -0.25) is 9.36 Å². The molecule has 0 aliphatic carbocycles. The summed E-state index contributed by atoms with van der Waals surface area (Å²) in [7, 11) is 3.29. The van der Waals surface area contributed by atoms with Crippen molar-refractivity contribution < 1.29 is 32.7 Å². The molecule has 2 aromatic rings. The molecule has 0 spiro atoms. The number of rotatable bonds is 6. The number of hydrogen-bond donors (Lipinski definition) is 0. The average Bonchev–Trinajstić information content (AvgIpc) is 2.58. The van der Waals surface area contributed by atoms with E-state index in [0.717, 1.165) is 7.05 Å². The van der Waals surface area contributed by atoms with Crippen LogP contribution in [0.15, 0.2) is 33.9 Å². The molecule has 1 aromatic carbocycles. The van der Waals surface area contributed by atoms with Crippen LogP contribution in [0.3, 0.4) is 0 Å². The average molecular weight is 411 g/mol. The first-order valence-corrected chi connectivity index (χ1v) is 7.58. The van der Waals surface area contributed by atoms with Crippen LogP contribution in [-0.2, 0) is 32.8 Å². The molecular weight excluding hydrogens is 397 g/mol. The summed E-state index contributed by atoms with van der Waals surface area (Å²) in [6.45, 7) is 0. The summed E-state index contributed by atoms with van der Waals surface area (Å²) in [6, 6.07) is 4.13. The van der Waals surface area contributed by atoms with Crippen LogP contribution in [0.2, 0.25) is 5.02 Å². The summed E-state index contributed by atoms with van der Waals surface area (Å²) in [4.78, 5) is 43.2. The fraction of sp³-hybridized carbons (Fsp3) is 0.333. The van der Waals surface area contributed by atoms with Gasteiger partial charge < -0.3 is 0 Å². The second kappa shape index (κ2) is 8.23. The Morgan fingerprint density at radius 3 is 2.19 bits per heavy atom. The number of halogens is 4. The van der Waals surface area contributed by atoms with Gasteiger partial charge >= 0.3 is 11.9 Å². The molecule has 0 saturated heterocycles.